The highest BCUT2D eigenvalue weighted by atomic mass is 16.5. The van der Waals surface area contributed by atoms with Crippen molar-refractivity contribution in [3.05, 3.63) is 83.8 Å². The summed E-state index contributed by atoms with van der Waals surface area (Å²) >= 11 is 0. The first-order chi connectivity index (χ1) is 15.0. The second-order valence-corrected chi connectivity index (χ2v) is 7.16. The molecule has 0 bridgehead atoms. The van der Waals surface area contributed by atoms with E-state index in [1.54, 1.807) is 34.6 Å². The summed E-state index contributed by atoms with van der Waals surface area (Å²) < 4.78 is 11.1. The molecule has 1 aromatic heterocycles. The number of furan rings is 1. The van der Waals surface area contributed by atoms with Crippen LogP contribution in [0, 0.1) is 0 Å². The number of hydrogen-bond acceptors (Lipinski definition) is 6. The zero-order valence-corrected chi connectivity index (χ0v) is 17.4. The molecule has 0 atom stereocenters. The lowest BCUT2D eigenvalue weighted by atomic mass is 10.1. The van der Waals surface area contributed by atoms with Gasteiger partial charge in [-0.2, -0.15) is 0 Å². The molecule has 0 saturated carbocycles. The Labute approximate surface area is 180 Å². The number of hydroxylamine groups is 1. The van der Waals surface area contributed by atoms with Crippen LogP contribution in [0.5, 0.6) is 5.75 Å². The summed E-state index contributed by atoms with van der Waals surface area (Å²) in [7, 11) is 3.98. The quantitative estimate of drug-likeness (QED) is 0.405. The Morgan fingerprint density at radius 2 is 1.84 bits per heavy atom. The highest BCUT2D eigenvalue weighted by Crippen LogP contribution is 2.20. The third-order valence-corrected chi connectivity index (χ3v) is 4.50. The number of carbonyl (C=O) groups excluding carboxylic acids is 2. The van der Waals surface area contributed by atoms with E-state index < -0.39 is 5.91 Å². The zero-order chi connectivity index (χ0) is 22.2. The van der Waals surface area contributed by atoms with E-state index in [0.717, 1.165) is 17.8 Å². The summed E-state index contributed by atoms with van der Waals surface area (Å²) in [6, 6.07) is 17.4. The molecule has 0 unspecified atom stereocenters. The Bertz CT molecular complexity index is 1000. The van der Waals surface area contributed by atoms with Gasteiger partial charge in [-0.25, -0.2) is 5.48 Å². The Morgan fingerprint density at radius 1 is 1.06 bits per heavy atom. The SMILES string of the molecule is CN(C)Cc1cccc(N(CCOc2ccc(C(=O)NO)cc2)C(=O)c2ccco2)c1. The minimum absolute atomic E-state index is 0.232. The van der Waals surface area contributed by atoms with Crippen LogP contribution in [0.1, 0.15) is 26.5 Å². The molecule has 2 aromatic carbocycles. The summed E-state index contributed by atoms with van der Waals surface area (Å²) in [6.07, 6.45) is 1.47. The van der Waals surface area contributed by atoms with Gasteiger partial charge in [0.2, 0.25) is 0 Å². The third kappa shape index (κ3) is 5.94. The van der Waals surface area contributed by atoms with Crippen LogP contribution in [-0.2, 0) is 6.54 Å². The molecule has 0 radical (unpaired) electrons. The van der Waals surface area contributed by atoms with E-state index in [1.165, 1.54) is 18.4 Å². The smallest absolute Gasteiger partial charge is 0.294 e. The van der Waals surface area contributed by atoms with Crippen molar-refractivity contribution >= 4 is 17.5 Å². The fourth-order valence-electron chi connectivity index (χ4n) is 3.09. The molecular formula is C23H25N3O5. The standard InChI is InChI=1S/C23H25N3O5/c1-25(2)16-17-5-3-6-19(15-17)26(23(28)21-7-4-13-31-21)12-14-30-20-10-8-18(9-11-20)22(27)24-29/h3-11,13,15,29H,12,14,16H2,1-2H3,(H,24,27). The van der Waals surface area contributed by atoms with Crippen LogP contribution in [0.4, 0.5) is 5.69 Å². The van der Waals surface area contributed by atoms with Crippen LogP contribution in [0.2, 0.25) is 0 Å². The first-order valence-corrected chi connectivity index (χ1v) is 9.74. The summed E-state index contributed by atoms with van der Waals surface area (Å²) in [5.74, 6) is -0.0661. The molecule has 3 aromatic rings. The van der Waals surface area contributed by atoms with Gasteiger partial charge < -0.3 is 19.0 Å². The van der Waals surface area contributed by atoms with Crippen LogP contribution in [0.15, 0.2) is 71.3 Å². The normalized spacial score (nSPS) is 10.7. The highest BCUT2D eigenvalue weighted by molar-refractivity contribution is 6.04. The number of ether oxygens (including phenoxy) is 1. The molecule has 8 heteroatoms. The van der Waals surface area contributed by atoms with Crippen molar-refractivity contribution in [3.8, 4) is 5.75 Å². The number of anilines is 1. The predicted molar refractivity (Wildman–Crippen MR) is 115 cm³/mol. The van der Waals surface area contributed by atoms with Gasteiger partial charge in [0.15, 0.2) is 5.76 Å². The lowest BCUT2D eigenvalue weighted by Crippen LogP contribution is -2.34. The molecule has 1 heterocycles. The van der Waals surface area contributed by atoms with E-state index in [0.29, 0.717) is 17.9 Å². The van der Waals surface area contributed by atoms with E-state index in [1.807, 2.05) is 38.4 Å². The average Bonchev–Trinajstić information content (AvgIpc) is 3.31. The Hall–Kier alpha value is -3.62. The number of amides is 2. The van der Waals surface area contributed by atoms with Crippen molar-refractivity contribution in [1.82, 2.24) is 10.4 Å². The maximum absolute atomic E-state index is 13.0. The van der Waals surface area contributed by atoms with E-state index in [-0.39, 0.29) is 18.3 Å². The fourth-order valence-corrected chi connectivity index (χ4v) is 3.09. The maximum atomic E-state index is 13.0. The van der Waals surface area contributed by atoms with Gasteiger partial charge in [0.1, 0.15) is 12.4 Å². The number of nitrogens with zero attached hydrogens (tertiary/aromatic N) is 2. The molecule has 0 fully saturated rings. The molecule has 2 amide bonds. The summed E-state index contributed by atoms with van der Waals surface area (Å²) in [4.78, 5) is 28.1. The number of hydrogen-bond donors (Lipinski definition) is 2. The third-order valence-electron chi connectivity index (χ3n) is 4.50. The second kappa shape index (κ2) is 10.4. The molecule has 8 nitrogen and oxygen atoms in total. The van der Waals surface area contributed by atoms with Crippen molar-refractivity contribution in [2.24, 2.45) is 0 Å². The fraction of sp³-hybridized carbons (Fsp3) is 0.217. The Kier molecular flexibility index (Phi) is 7.42. The van der Waals surface area contributed by atoms with Gasteiger partial charge in [0.25, 0.3) is 11.8 Å². The highest BCUT2D eigenvalue weighted by Gasteiger charge is 2.20. The van der Waals surface area contributed by atoms with E-state index in [2.05, 4.69) is 4.90 Å². The van der Waals surface area contributed by atoms with Gasteiger partial charge in [-0.05, 0) is 68.2 Å². The zero-order valence-electron chi connectivity index (χ0n) is 17.4. The van der Waals surface area contributed by atoms with Gasteiger partial charge in [0, 0.05) is 17.8 Å². The predicted octanol–water partition coefficient (Wildman–Crippen LogP) is 3.19. The summed E-state index contributed by atoms with van der Waals surface area (Å²) in [5.41, 5.74) is 3.72. The molecule has 0 aliphatic rings. The topological polar surface area (TPSA) is 95.3 Å². The van der Waals surface area contributed by atoms with Crippen molar-refractivity contribution in [1.29, 1.82) is 0 Å². The van der Waals surface area contributed by atoms with E-state index in [4.69, 9.17) is 14.4 Å². The lowest BCUT2D eigenvalue weighted by molar-refractivity contribution is 0.0706. The average molecular weight is 423 g/mol. The molecule has 0 spiro atoms. The van der Waals surface area contributed by atoms with Crippen LogP contribution in [0.25, 0.3) is 0 Å². The second-order valence-electron chi connectivity index (χ2n) is 7.16. The molecule has 0 saturated heterocycles. The number of nitrogens with one attached hydrogen (secondary N) is 1. The van der Waals surface area contributed by atoms with Gasteiger partial charge in [-0.15, -0.1) is 0 Å². The largest absolute Gasteiger partial charge is 0.492 e. The Morgan fingerprint density at radius 3 is 2.48 bits per heavy atom. The van der Waals surface area contributed by atoms with Crippen LogP contribution < -0.4 is 15.1 Å². The molecule has 162 valence electrons. The van der Waals surface area contributed by atoms with Crippen molar-refractivity contribution < 1.29 is 24.0 Å². The molecule has 0 aliphatic carbocycles. The van der Waals surface area contributed by atoms with E-state index in [9.17, 15) is 9.59 Å². The number of carbonyl (C=O) groups is 2. The molecular weight excluding hydrogens is 398 g/mol. The van der Waals surface area contributed by atoms with Crippen LogP contribution in [-0.4, -0.2) is 49.2 Å². The molecule has 0 aliphatic heterocycles. The van der Waals surface area contributed by atoms with Crippen molar-refractivity contribution in [2.75, 3.05) is 32.1 Å². The molecule has 31 heavy (non-hydrogen) atoms. The first kappa shape index (κ1) is 22.1. The lowest BCUT2D eigenvalue weighted by Gasteiger charge is -2.23. The summed E-state index contributed by atoms with van der Waals surface area (Å²) in [5, 5.41) is 8.69. The van der Waals surface area contributed by atoms with E-state index >= 15 is 0 Å². The van der Waals surface area contributed by atoms with Gasteiger partial charge in [0.05, 0.1) is 12.8 Å². The van der Waals surface area contributed by atoms with Crippen molar-refractivity contribution in [3.63, 3.8) is 0 Å². The minimum Gasteiger partial charge on any atom is -0.492 e. The minimum atomic E-state index is -0.598. The maximum Gasteiger partial charge on any atom is 0.294 e. The van der Waals surface area contributed by atoms with Gasteiger partial charge in [-0.3, -0.25) is 14.8 Å². The number of rotatable bonds is 9. The van der Waals surface area contributed by atoms with Crippen molar-refractivity contribution in [2.45, 2.75) is 6.54 Å². The monoisotopic (exact) mass is 423 g/mol. The molecule has 3 rings (SSSR count). The van der Waals surface area contributed by atoms with Crippen LogP contribution >= 0.6 is 0 Å². The van der Waals surface area contributed by atoms with Gasteiger partial charge in [-0.1, -0.05) is 12.1 Å². The van der Waals surface area contributed by atoms with Crippen LogP contribution in [0.3, 0.4) is 0 Å². The first-order valence-electron chi connectivity index (χ1n) is 9.74. The molecule has 2 N–H and O–H groups in total. The number of benzene rings is 2. The van der Waals surface area contributed by atoms with Gasteiger partial charge >= 0.3 is 0 Å². The Balaban J connectivity index is 1.73. The summed E-state index contributed by atoms with van der Waals surface area (Å²) in [6.45, 7) is 1.28.